The third kappa shape index (κ3) is 3.22. The predicted octanol–water partition coefficient (Wildman–Crippen LogP) is 3.42. The fraction of sp³-hybridized carbons (Fsp3) is 0.190. The van der Waals surface area contributed by atoms with Crippen LogP contribution in [0.2, 0.25) is 0 Å². The molecular weight excluding hydrogens is 360 g/mol. The summed E-state index contributed by atoms with van der Waals surface area (Å²) < 4.78 is 16.0. The molecule has 0 saturated heterocycles. The van der Waals surface area contributed by atoms with E-state index >= 15 is 0 Å². The number of nitrogens with zero attached hydrogens (tertiary/aromatic N) is 2. The third-order valence-corrected chi connectivity index (χ3v) is 4.52. The van der Waals surface area contributed by atoms with Crippen molar-refractivity contribution < 1.29 is 23.5 Å². The van der Waals surface area contributed by atoms with Gasteiger partial charge in [0.05, 0.1) is 24.8 Å². The topological polar surface area (TPSA) is 81.9 Å². The van der Waals surface area contributed by atoms with Gasteiger partial charge in [-0.25, -0.2) is 4.98 Å². The van der Waals surface area contributed by atoms with Crippen LogP contribution in [0.5, 0.6) is 11.7 Å². The van der Waals surface area contributed by atoms with Crippen LogP contribution in [0.15, 0.2) is 59.3 Å². The summed E-state index contributed by atoms with van der Waals surface area (Å²) in [6, 6.07) is 14.2. The van der Waals surface area contributed by atoms with Gasteiger partial charge in [-0.2, -0.15) is 0 Å². The number of fused-ring (bicyclic) bond motifs is 1. The van der Waals surface area contributed by atoms with Crippen molar-refractivity contribution in [3.8, 4) is 23.0 Å². The smallest absolute Gasteiger partial charge is 0.313 e. The van der Waals surface area contributed by atoms with Gasteiger partial charge in [0, 0.05) is 12.1 Å². The summed E-state index contributed by atoms with van der Waals surface area (Å²) in [5, 5.41) is 0. The van der Waals surface area contributed by atoms with Gasteiger partial charge >= 0.3 is 5.95 Å². The minimum atomic E-state index is -0.244. The van der Waals surface area contributed by atoms with E-state index < -0.39 is 0 Å². The number of ether oxygens (including phenoxy) is 2. The summed E-state index contributed by atoms with van der Waals surface area (Å²) >= 11 is 0. The van der Waals surface area contributed by atoms with Gasteiger partial charge < -0.3 is 13.9 Å². The first kappa shape index (κ1) is 17.8. The van der Waals surface area contributed by atoms with Gasteiger partial charge in [0.15, 0.2) is 12.1 Å². The van der Waals surface area contributed by atoms with Crippen LogP contribution < -0.4 is 9.47 Å². The standard InChI is InChI=1S/C21H18N2O5/c1-26-21-18(22-13-28-21)14-7-9-15(10-8-14)27-12-4-11-23-19(24)16-5-2-3-6-17(16)20(23)25/h2-3,5-10,13H,4,11-12H2,1H3. The number of hydrogen-bond acceptors (Lipinski definition) is 6. The maximum atomic E-state index is 12.3. The van der Waals surface area contributed by atoms with E-state index in [4.69, 9.17) is 13.9 Å². The molecule has 1 aromatic heterocycles. The minimum Gasteiger partial charge on any atom is -0.494 e. The highest BCUT2D eigenvalue weighted by Crippen LogP contribution is 2.29. The summed E-state index contributed by atoms with van der Waals surface area (Å²) in [5.41, 5.74) is 2.41. The number of carbonyl (C=O) groups excluding carboxylic acids is 2. The van der Waals surface area contributed by atoms with Crippen molar-refractivity contribution in [1.82, 2.24) is 9.88 Å². The molecule has 0 fully saturated rings. The maximum absolute atomic E-state index is 12.3. The van der Waals surface area contributed by atoms with E-state index in [9.17, 15) is 9.59 Å². The van der Waals surface area contributed by atoms with Crippen LogP contribution in [0.1, 0.15) is 27.1 Å². The van der Waals surface area contributed by atoms with E-state index in [1.165, 1.54) is 18.4 Å². The van der Waals surface area contributed by atoms with E-state index in [2.05, 4.69) is 4.98 Å². The Morgan fingerprint density at radius 1 is 1.00 bits per heavy atom. The Bertz CT molecular complexity index is 975. The number of amides is 2. The second-order valence-electron chi connectivity index (χ2n) is 6.23. The lowest BCUT2D eigenvalue weighted by atomic mass is 10.1. The molecule has 0 radical (unpaired) electrons. The second-order valence-corrected chi connectivity index (χ2v) is 6.23. The first-order valence-electron chi connectivity index (χ1n) is 8.85. The van der Waals surface area contributed by atoms with E-state index in [0.29, 0.717) is 48.1 Å². The van der Waals surface area contributed by atoms with Crippen molar-refractivity contribution in [3.63, 3.8) is 0 Å². The van der Waals surface area contributed by atoms with Crippen LogP contribution in [0, 0.1) is 0 Å². The number of hydrogen-bond donors (Lipinski definition) is 0. The van der Waals surface area contributed by atoms with Gasteiger partial charge in [0.1, 0.15) is 5.75 Å². The Balaban J connectivity index is 1.30. The molecule has 0 unspecified atom stereocenters. The molecule has 1 aliphatic heterocycles. The molecule has 2 aromatic carbocycles. The van der Waals surface area contributed by atoms with Gasteiger partial charge in [0.2, 0.25) is 0 Å². The molecule has 0 spiro atoms. The average molecular weight is 378 g/mol. The van der Waals surface area contributed by atoms with E-state index in [0.717, 1.165) is 5.56 Å². The second kappa shape index (κ2) is 7.56. The van der Waals surface area contributed by atoms with Crippen molar-refractivity contribution in [2.45, 2.75) is 6.42 Å². The van der Waals surface area contributed by atoms with Crippen LogP contribution in [-0.2, 0) is 0 Å². The van der Waals surface area contributed by atoms with Crippen molar-refractivity contribution in [2.75, 3.05) is 20.3 Å². The molecule has 3 aromatic rings. The first-order chi connectivity index (χ1) is 13.7. The van der Waals surface area contributed by atoms with Crippen LogP contribution >= 0.6 is 0 Å². The molecule has 0 N–H and O–H groups in total. The lowest BCUT2D eigenvalue weighted by molar-refractivity contribution is 0.0646. The Morgan fingerprint density at radius 2 is 1.68 bits per heavy atom. The van der Waals surface area contributed by atoms with Crippen molar-refractivity contribution >= 4 is 11.8 Å². The van der Waals surface area contributed by atoms with E-state index in [-0.39, 0.29) is 11.8 Å². The Labute approximate surface area is 161 Å². The molecule has 1 aliphatic rings. The molecule has 0 saturated carbocycles. The number of oxazole rings is 1. The number of aromatic nitrogens is 1. The molecule has 2 amide bonds. The molecule has 2 heterocycles. The molecule has 7 heteroatoms. The summed E-state index contributed by atoms with van der Waals surface area (Å²) in [4.78, 5) is 30.0. The zero-order valence-electron chi connectivity index (χ0n) is 15.3. The fourth-order valence-corrected chi connectivity index (χ4v) is 3.14. The highest BCUT2D eigenvalue weighted by atomic mass is 16.6. The molecule has 28 heavy (non-hydrogen) atoms. The number of methoxy groups -OCH3 is 1. The van der Waals surface area contributed by atoms with Crippen molar-refractivity contribution in [1.29, 1.82) is 0 Å². The van der Waals surface area contributed by atoms with Gasteiger partial charge in [0.25, 0.3) is 11.8 Å². The number of rotatable bonds is 7. The zero-order valence-corrected chi connectivity index (χ0v) is 15.3. The highest BCUT2D eigenvalue weighted by Gasteiger charge is 2.34. The lowest BCUT2D eigenvalue weighted by Gasteiger charge is -2.14. The predicted molar refractivity (Wildman–Crippen MR) is 100 cm³/mol. The maximum Gasteiger partial charge on any atom is 0.313 e. The summed E-state index contributed by atoms with van der Waals surface area (Å²) in [6.07, 6.45) is 1.88. The lowest BCUT2D eigenvalue weighted by Crippen LogP contribution is -2.31. The molecule has 142 valence electrons. The quantitative estimate of drug-likeness (QED) is 0.463. The van der Waals surface area contributed by atoms with E-state index in [1.807, 2.05) is 24.3 Å². The number of carbonyl (C=O) groups is 2. The van der Waals surface area contributed by atoms with Gasteiger partial charge in [-0.1, -0.05) is 12.1 Å². The van der Waals surface area contributed by atoms with Crippen molar-refractivity contribution in [2.24, 2.45) is 0 Å². The zero-order chi connectivity index (χ0) is 19.5. The minimum absolute atomic E-state index is 0.244. The average Bonchev–Trinajstić information content (AvgIpc) is 3.30. The van der Waals surface area contributed by atoms with Crippen LogP contribution in [0.3, 0.4) is 0 Å². The largest absolute Gasteiger partial charge is 0.494 e. The molecular formula is C21H18N2O5. The monoisotopic (exact) mass is 378 g/mol. The fourth-order valence-electron chi connectivity index (χ4n) is 3.14. The molecule has 0 atom stereocenters. The Morgan fingerprint density at radius 3 is 2.32 bits per heavy atom. The van der Waals surface area contributed by atoms with Crippen LogP contribution in [0.25, 0.3) is 11.3 Å². The SMILES string of the molecule is COc1ocnc1-c1ccc(OCCCN2C(=O)c3ccccc3C2=O)cc1. The number of imide groups is 1. The summed E-state index contributed by atoms with van der Waals surface area (Å²) in [6.45, 7) is 0.709. The third-order valence-electron chi connectivity index (χ3n) is 4.52. The van der Waals surface area contributed by atoms with Crippen molar-refractivity contribution in [3.05, 3.63) is 66.1 Å². The van der Waals surface area contributed by atoms with Gasteiger partial charge in [-0.05, 0) is 42.8 Å². The molecule has 0 bridgehead atoms. The molecule has 4 rings (SSSR count). The Kier molecular flexibility index (Phi) is 4.80. The molecule has 0 aliphatic carbocycles. The summed E-state index contributed by atoms with van der Waals surface area (Å²) in [5.74, 6) is 0.557. The highest BCUT2D eigenvalue weighted by molar-refractivity contribution is 6.21. The molecule has 7 nitrogen and oxygen atoms in total. The summed E-state index contributed by atoms with van der Waals surface area (Å²) in [7, 11) is 1.52. The van der Waals surface area contributed by atoms with Crippen LogP contribution in [-0.4, -0.2) is 42.0 Å². The normalized spacial score (nSPS) is 13.0. The van der Waals surface area contributed by atoms with Gasteiger partial charge in [-0.3, -0.25) is 14.5 Å². The Hall–Kier alpha value is -3.61. The van der Waals surface area contributed by atoms with E-state index in [1.54, 1.807) is 24.3 Å². The van der Waals surface area contributed by atoms with Gasteiger partial charge in [-0.15, -0.1) is 0 Å². The number of benzene rings is 2. The first-order valence-corrected chi connectivity index (χ1v) is 8.85. The van der Waals surface area contributed by atoms with Crippen LogP contribution in [0.4, 0.5) is 0 Å².